The Labute approximate surface area is 232 Å². The second-order valence-electron chi connectivity index (χ2n) is 7.08. The Hall–Kier alpha value is -2.49. The summed E-state index contributed by atoms with van der Waals surface area (Å²) in [5.41, 5.74) is 3.25. The van der Waals surface area contributed by atoms with Crippen LogP contribution < -0.4 is 0 Å². The molecule has 0 fully saturated rings. The van der Waals surface area contributed by atoms with Crippen molar-refractivity contribution in [2.24, 2.45) is 14.1 Å². The fourth-order valence-electron chi connectivity index (χ4n) is 3.14. The number of rotatable bonds is 0. The van der Waals surface area contributed by atoms with E-state index < -0.39 is 0 Å². The van der Waals surface area contributed by atoms with Crippen LogP contribution in [0.5, 0.6) is 0 Å². The molecule has 0 amide bonds. The van der Waals surface area contributed by atoms with E-state index in [2.05, 4.69) is 74.3 Å². The maximum atomic E-state index is 4.26. The fraction of sp³-hybridized carbons (Fsp3) is 0.192. The summed E-state index contributed by atoms with van der Waals surface area (Å²) in [7, 11) is 3.86. The van der Waals surface area contributed by atoms with Gasteiger partial charge in [-0.3, -0.25) is 14.5 Å². The predicted octanol–water partition coefficient (Wildman–Crippen LogP) is 8.91. The molecule has 0 bridgehead atoms. The number of benzene rings is 3. The van der Waals surface area contributed by atoms with Crippen molar-refractivity contribution in [2.45, 2.75) is 22.3 Å². The highest BCUT2D eigenvalue weighted by Gasteiger charge is 1.98. The molecule has 0 saturated carbocycles. The largest absolute Gasteiger partial charge is 0.278 e. The second-order valence-corrected chi connectivity index (χ2v) is 9.83. The number of H-pyrrole nitrogens is 1. The topological polar surface area (TPSA) is 64.3 Å². The van der Waals surface area contributed by atoms with E-state index >= 15 is 0 Å². The third-order valence-corrected chi connectivity index (χ3v) is 6.18. The monoisotopic (exact) mass is 664 g/mol. The molecule has 3 heterocycles. The van der Waals surface area contributed by atoms with E-state index in [1.165, 1.54) is 10.8 Å². The summed E-state index contributed by atoms with van der Waals surface area (Å²) in [5.74, 6) is 0. The van der Waals surface area contributed by atoms with Crippen LogP contribution in [0.15, 0.2) is 86.6 Å². The van der Waals surface area contributed by atoms with E-state index in [1.807, 2.05) is 90.6 Å². The Kier molecular flexibility index (Phi) is 11.8. The van der Waals surface area contributed by atoms with Crippen molar-refractivity contribution in [1.82, 2.24) is 29.8 Å². The third-order valence-electron chi connectivity index (χ3n) is 4.70. The van der Waals surface area contributed by atoms with Crippen LogP contribution in [0.1, 0.15) is 22.3 Å². The molecule has 0 atom stereocenters. The van der Waals surface area contributed by atoms with Gasteiger partial charge in [0.15, 0.2) is 0 Å². The molecule has 35 heavy (non-hydrogen) atoms. The van der Waals surface area contributed by atoms with Gasteiger partial charge in [-0.1, -0.05) is 88.3 Å². The van der Waals surface area contributed by atoms with Crippen molar-refractivity contribution in [3.05, 3.63) is 86.6 Å². The van der Waals surface area contributed by atoms with Crippen molar-refractivity contribution < 1.29 is 0 Å². The van der Waals surface area contributed by atoms with Gasteiger partial charge in [0.1, 0.15) is 0 Å². The van der Waals surface area contributed by atoms with Crippen LogP contribution >= 0.6 is 47.8 Å². The van der Waals surface area contributed by atoms with Gasteiger partial charge in [-0.2, -0.15) is 15.3 Å². The molecule has 6 aromatic rings. The molecule has 0 aliphatic heterocycles. The zero-order chi connectivity index (χ0) is 22.7. The molecule has 3 aromatic heterocycles. The lowest BCUT2D eigenvalue weighted by molar-refractivity contribution is 0.779. The van der Waals surface area contributed by atoms with Gasteiger partial charge >= 0.3 is 0 Å². The van der Waals surface area contributed by atoms with Gasteiger partial charge in [-0.25, -0.2) is 0 Å². The molecule has 1 N–H and O–H groups in total. The Morgan fingerprint density at radius 2 is 1.31 bits per heavy atom. The lowest BCUT2D eigenvalue weighted by Crippen LogP contribution is -1.87. The van der Waals surface area contributed by atoms with Gasteiger partial charge in [0, 0.05) is 49.9 Å². The minimum absolute atomic E-state index is 0. The number of hydrogen-bond donors (Lipinski definition) is 1. The molecule has 0 unspecified atom stereocenters. The zero-order valence-electron chi connectivity index (χ0n) is 17.3. The summed E-state index contributed by atoms with van der Waals surface area (Å²) in [6, 6.07) is 18.2. The van der Waals surface area contributed by atoms with Crippen LogP contribution in [-0.4, -0.2) is 29.8 Å². The Bertz CT molecular complexity index is 1490. The van der Waals surface area contributed by atoms with Gasteiger partial charge in [0.05, 0.1) is 28.9 Å². The van der Waals surface area contributed by atoms with Gasteiger partial charge in [0.25, 0.3) is 0 Å². The van der Waals surface area contributed by atoms with E-state index in [-0.39, 0.29) is 22.3 Å². The number of hydrogen-bond acceptors (Lipinski definition) is 3. The standard InChI is InChI=1S/2C8H7BrN2.C7H5BrN2.3CH4/c1-11-5-6-2-3-7(9)4-8(6)10-11;1-11-8-4-7(9)3-2-6(8)5-10-11;8-6-2-1-5-4-9-10-7(5)3-6;;;/h2*2-5H,1H3;1-4H,(H,9,10);3*1H4. The lowest BCUT2D eigenvalue weighted by Gasteiger charge is -1.93. The van der Waals surface area contributed by atoms with Crippen LogP contribution in [0.2, 0.25) is 0 Å². The average molecular weight is 667 g/mol. The van der Waals surface area contributed by atoms with E-state index in [4.69, 9.17) is 0 Å². The van der Waals surface area contributed by atoms with Gasteiger partial charge < -0.3 is 0 Å². The Morgan fingerprint density at radius 3 is 2.03 bits per heavy atom. The van der Waals surface area contributed by atoms with Crippen LogP contribution in [0.3, 0.4) is 0 Å². The quantitative estimate of drug-likeness (QED) is 0.176. The minimum atomic E-state index is 0. The molecule has 9 heteroatoms. The average Bonchev–Trinajstić information content (AvgIpc) is 3.47. The molecule has 0 aliphatic rings. The number of nitrogens with one attached hydrogen (secondary N) is 1. The number of aromatic amines is 1. The molecule has 6 nitrogen and oxygen atoms in total. The number of halogens is 3. The second kappa shape index (κ2) is 13.6. The summed E-state index contributed by atoms with van der Waals surface area (Å²) in [6.07, 6.45) is 5.67. The highest BCUT2D eigenvalue weighted by Crippen LogP contribution is 2.19. The highest BCUT2D eigenvalue weighted by atomic mass is 79.9. The number of aryl methyl sites for hydroxylation is 2. The van der Waals surface area contributed by atoms with Crippen molar-refractivity contribution in [1.29, 1.82) is 0 Å². The van der Waals surface area contributed by atoms with Gasteiger partial charge in [-0.15, -0.1) is 0 Å². The molecule has 0 radical (unpaired) electrons. The van der Waals surface area contributed by atoms with E-state index in [1.54, 1.807) is 0 Å². The first-order valence-corrected chi connectivity index (χ1v) is 12.0. The summed E-state index contributed by atoms with van der Waals surface area (Å²) in [4.78, 5) is 0. The van der Waals surface area contributed by atoms with Crippen LogP contribution in [0, 0.1) is 0 Å². The first-order valence-electron chi connectivity index (χ1n) is 9.64. The van der Waals surface area contributed by atoms with E-state index in [0.29, 0.717) is 0 Å². The van der Waals surface area contributed by atoms with E-state index in [9.17, 15) is 0 Å². The molecule has 0 aliphatic carbocycles. The van der Waals surface area contributed by atoms with Gasteiger partial charge in [-0.05, 0) is 36.4 Å². The van der Waals surface area contributed by atoms with Gasteiger partial charge in [0.2, 0.25) is 0 Å². The summed E-state index contributed by atoms with van der Waals surface area (Å²) in [6.45, 7) is 0. The molecule has 3 aromatic carbocycles. The third kappa shape index (κ3) is 7.75. The first kappa shape index (κ1) is 30.5. The molecule has 0 spiro atoms. The fourth-order valence-corrected chi connectivity index (χ4v) is 4.20. The molecular formula is C26H31Br3N6. The maximum absolute atomic E-state index is 4.26. The normalized spacial score (nSPS) is 9.74. The first-order chi connectivity index (χ1) is 15.4. The number of nitrogens with zero attached hydrogens (tertiary/aromatic N) is 5. The lowest BCUT2D eigenvalue weighted by atomic mass is 10.3. The summed E-state index contributed by atoms with van der Waals surface area (Å²) in [5, 5.41) is 18.7. The highest BCUT2D eigenvalue weighted by molar-refractivity contribution is 9.11. The molecule has 6 rings (SSSR count). The smallest absolute Gasteiger partial charge is 0.0934 e. The van der Waals surface area contributed by atoms with Crippen LogP contribution in [0.4, 0.5) is 0 Å². The SMILES string of the molecule is Brc1ccc2cn[nH]c2c1.C.C.C.Cn1cc2ccc(Br)cc2n1.Cn1ncc2ccc(Br)cc21. The van der Waals surface area contributed by atoms with E-state index in [0.717, 1.165) is 35.4 Å². The van der Waals surface area contributed by atoms with Crippen molar-refractivity contribution in [3.8, 4) is 0 Å². The van der Waals surface area contributed by atoms with Crippen LogP contribution in [0.25, 0.3) is 32.7 Å². The molecule has 0 saturated heterocycles. The maximum Gasteiger partial charge on any atom is 0.0934 e. The molecular weight excluding hydrogens is 636 g/mol. The predicted molar refractivity (Wildman–Crippen MR) is 161 cm³/mol. The van der Waals surface area contributed by atoms with Crippen molar-refractivity contribution >= 4 is 80.5 Å². The summed E-state index contributed by atoms with van der Waals surface area (Å²) >= 11 is 10.2. The minimum Gasteiger partial charge on any atom is -0.278 e. The Morgan fingerprint density at radius 1 is 0.714 bits per heavy atom. The van der Waals surface area contributed by atoms with Crippen molar-refractivity contribution in [3.63, 3.8) is 0 Å². The summed E-state index contributed by atoms with van der Waals surface area (Å²) < 4.78 is 6.92. The van der Waals surface area contributed by atoms with Crippen LogP contribution in [-0.2, 0) is 14.1 Å². The van der Waals surface area contributed by atoms with Crippen molar-refractivity contribution in [2.75, 3.05) is 0 Å². The number of aromatic nitrogens is 6. The Balaban J connectivity index is 0.000000252. The number of fused-ring (bicyclic) bond motifs is 3. The molecule has 186 valence electrons. The zero-order valence-corrected chi connectivity index (χ0v) is 22.1.